The topological polar surface area (TPSA) is 109 Å². The molecule has 2 fully saturated rings. The minimum atomic E-state index is -0.807. The molecule has 1 N–H and O–H groups in total. The number of carbonyl (C=O) groups excluding carboxylic acids is 4. The minimum absolute atomic E-state index is 0.0550. The molecule has 32 heavy (non-hydrogen) atoms. The van der Waals surface area contributed by atoms with Crippen molar-refractivity contribution in [2.45, 2.75) is 44.3 Å². The number of fused-ring (bicyclic) bond motifs is 1. The first-order valence-corrected chi connectivity index (χ1v) is 11.5. The maximum absolute atomic E-state index is 13.3. The number of rotatable bonds is 6. The van der Waals surface area contributed by atoms with Gasteiger partial charge in [-0.2, -0.15) is 0 Å². The van der Waals surface area contributed by atoms with E-state index in [9.17, 15) is 19.2 Å². The summed E-state index contributed by atoms with van der Waals surface area (Å²) in [7, 11) is 0. The van der Waals surface area contributed by atoms with Gasteiger partial charge in [-0.1, -0.05) is 19.4 Å². The number of hydrogen-bond donors (Lipinski definition) is 1. The fourth-order valence-electron chi connectivity index (χ4n) is 4.31. The number of ketones is 1. The van der Waals surface area contributed by atoms with E-state index in [0.29, 0.717) is 31.6 Å². The average Bonchev–Trinajstić information content (AvgIpc) is 3.52. The van der Waals surface area contributed by atoms with Crippen molar-refractivity contribution in [1.29, 1.82) is 0 Å². The van der Waals surface area contributed by atoms with Crippen molar-refractivity contribution < 1.29 is 23.9 Å². The van der Waals surface area contributed by atoms with Crippen molar-refractivity contribution in [2.75, 3.05) is 13.1 Å². The fourth-order valence-corrected chi connectivity index (χ4v) is 4.86. The summed E-state index contributed by atoms with van der Waals surface area (Å²) >= 11 is 1.39. The normalized spacial score (nSPS) is 20.7. The van der Waals surface area contributed by atoms with E-state index in [1.54, 1.807) is 35.0 Å². The van der Waals surface area contributed by atoms with Crippen molar-refractivity contribution in [3.8, 4) is 5.75 Å². The molecule has 2 saturated heterocycles. The molecule has 9 nitrogen and oxygen atoms in total. The Morgan fingerprint density at radius 1 is 1.28 bits per heavy atom. The first-order valence-electron chi connectivity index (χ1n) is 10.5. The maximum atomic E-state index is 13.3. The van der Waals surface area contributed by atoms with Crippen LogP contribution in [0.5, 0.6) is 5.75 Å². The summed E-state index contributed by atoms with van der Waals surface area (Å²) in [5.74, 6) is -0.419. The van der Waals surface area contributed by atoms with E-state index in [4.69, 9.17) is 4.74 Å². The van der Waals surface area contributed by atoms with Gasteiger partial charge >= 0.3 is 6.09 Å². The molecule has 2 aromatic heterocycles. The van der Waals surface area contributed by atoms with E-state index < -0.39 is 18.2 Å². The van der Waals surface area contributed by atoms with Crippen molar-refractivity contribution in [2.24, 2.45) is 0 Å². The Labute approximate surface area is 189 Å². The van der Waals surface area contributed by atoms with Crippen LogP contribution < -0.4 is 10.1 Å². The molecule has 168 valence electrons. The summed E-state index contributed by atoms with van der Waals surface area (Å²) in [4.78, 5) is 58.4. The summed E-state index contributed by atoms with van der Waals surface area (Å²) in [6, 6.07) is 4.81. The fraction of sp³-hybridized carbons (Fsp3) is 0.409. The molecule has 0 spiro atoms. The van der Waals surface area contributed by atoms with E-state index in [2.05, 4.69) is 10.3 Å². The van der Waals surface area contributed by atoms with Crippen LogP contribution in [0.15, 0.2) is 41.2 Å². The summed E-state index contributed by atoms with van der Waals surface area (Å²) in [5.41, 5.74) is 0.271. The second-order valence-corrected chi connectivity index (χ2v) is 8.56. The highest BCUT2D eigenvalue weighted by Gasteiger charge is 2.52. The second-order valence-electron chi connectivity index (χ2n) is 7.78. The van der Waals surface area contributed by atoms with Gasteiger partial charge in [-0.05, 0) is 36.4 Å². The number of nitrogens with one attached hydrogen (secondary N) is 1. The summed E-state index contributed by atoms with van der Waals surface area (Å²) < 4.78 is 5.21. The van der Waals surface area contributed by atoms with E-state index >= 15 is 0 Å². The van der Waals surface area contributed by atoms with Crippen molar-refractivity contribution >= 4 is 35.0 Å². The molecule has 10 heteroatoms. The average molecular weight is 457 g/mol. The molecular weight excluding hydrogens is 432 g/mol. The van der Waals surface area contributed by atoms with Crippen LogP contribution in [0.1, 0.15) is 36.7 Å². The van der Waals surface area contributed by atoms with Gasteiger partial charge in [0.15, 0.2) is 5.78 Å². The van der Waals surface area contributed by atoms with Gasteiger partial charge in [-0.15, -0.1) is 11.3 Å². The monoisotopic (exact) mass is 456 g/mol. The third kappa shape index (κ3) is 4.36. The van der Waals surface area contributed by atoms with E-state index in [-0.39, 0.29) is 35.9 Å². The summed E-state index contributed by atoms with van der Waals surface area (Å²) in [5, 5.41) is 6.11. The number of hydrogen-bond acceptors (Lipinski definition) is 7. The molecule has 3 unspecified atom stereocenters. The number of likely N-dealkylation sites (tertiary alicyclic amines) is 2. The van der Waals surface area contributed by atoms with Crippen LogP contribution in [0.3, 0.4) is 0 Å². The Balaban J connectivity index is 1.45. The van der Waals surface area contributed by atoms with Gasteiger partial charge in [0.05, 0.1) is 12.6 Å². The highest BCUT2D eigenvalue weighted by Crippen LogP contribution is 2.31. The number of Topliss-reactive ketones (excluding diaryl/α,β-unsaturated/α-hetero) is 1. The predicted molar refractivity (Wildman–Crippen MR) is 116 cm³/mol. The number of pyridine rings is 1. The molecule has 0 saturated carbocycles. The van der Waals surface area contributed by atoms with E-state index in [1.807, 2.05) is 6.92 Å². The van der Waals surface area contributed by atoms with Crippen LogP contribution in [-0.4, -0.2) is 69.7 Å². The van der Waals surface area contributed by atoms with Gasteiger partial charge in [-0.3, -0.25) is 19.4 Å². The van der Waals surface area contributed by atoms with Crippen LogP contribution in [0, 0.1) is 0 Å². The molecule has 2 aromatic rings. The molecule has 4 rings (SSSR count). The Kier molecular flexibility index (Phi) is 6.50. The zero-order chi connectivity index (χ0) is 22.7. The largest absolute Gasteiger partial charge is 0.413 e. The van der Waals surface area contributed by atoms with E-state index in [0.717, 1.165) is 0 Å². The Morgan fingerprint density at radius 3 is 2.81 bits per heavy atom. The standard InChI is InChI=1S/C22H24N4O5S/c1-2-5-16(24-22(30)31-14-8-11-32-13-14)21(29)25-10-7-17-19(25)18(27)12-26(17)20(28)15-6-3-4-9-23-15/h3-4,6,8-9,11,13,16-17,19H,2,5,7,10,12H2,1H3,(H,24,30). The molecule has 3 atom stereocenters. The number of carbonyl (C=O) groups is 4. The quantitative estimate of drug-likeness (QED) is 0.713. The van der Waals surface area contributed by atoms with Crippen LogP contribution in [0.4, 0.5) is 4.79 Å². The summed E-state index contributed by atoms with van der Waals surface area (Å²) in [6.07, 6.45) is 2.39. The second kappa shape index (κ2) is 9.47. The van der Waals surface area contributed by atoms with Crippen LogP contribution in [0.25, 0.3) is 0 Å². The molecule has 2 aliphatic rings. The lowest BCUT2D eigenvalue weighted by Gasteiger charge is -2.28. The third-order valence-electron chi connectivity index (χ3n) is 5.72. The van der Waals surface area contributed by atoms with Crippen LogP contribution >= 0.6 is 11.3 Å². The zero-order valence-corrected chi connectivity index (χ0v) is 18.4. The maximum Gasteiger partial charge on any atom is 0.413 e. The molecule has 0 radical (unpaired) electrons. The van der Waals surface area contributed by atoms with Crippen molar-refractivity contribution in [1.82, 2.24) is 20.1 Å². The highest BCUT2D eigenvalue weighted by molar-refractivity contribution is 7.08. The number of nitrogens with zero attached hydrogens (tertiary/aromatic N) is 3. The van der Waals surface area contributed by atoms with E-state index in [1.165, 1.54) is 27.3 Å². The van der Waals surface area contributed by atoms with Gasteiger partial charge < -0.3 is 19.9 Å². The van der Waals surface area contributed by atoms with Gasteiger partial charge in [0.25, 0.3) is 5.91 Å². The molecule has 0 aliphatic carbocycles. The SMILES string of the molecule is CCCC(NC(=O)Oc1ccsc1)C(=O)N1CCC2C1C(=O)CN2C(=O)c1ccccn1. The Morgan fingerprint density at radius 2 is 2.12 bits per heavy atom. The van der Waals surface area contributed by atoms with Crippen LogP contribution in [-0.2, 0) is 9.59 Å². The first-order chi connectivity index (χ1) is 15.5. The van der Waals surface area contributed by atoms with Crippen molar-refractivity contribution in [3.05, 3.63) is 46.9 Å². The minimum Gasteiger partial charge on any atom is -0.409 e. The van der Waals surface area contributed by atoms with Gasteiger partial charge in [0, 0.05) is 18.1 Å². The third-order valence-corrected chi connectivity index (χ3v) is 6.39. The molecular formula is C22H24N4O5S. The molecule has 4 heterocycles. The number of amides is 3. The molecule has 0 aromatic carbocycles. The smallest absolute Gasteiger partial charge is 0.409 e. The van der Waals surface area contributed by atoms with Crippen molar-refractivity contribution in [3.63, 3.8) is 0 Å². The lowest BCUT2D eigenvalue weighted by Crippen LogP contribution is -2.53. The van der Waals surface area contributed by atoms with Gasteiger partial charge in [0.2, 0.25) is 5.91 Å². The predicted octanol–water partition coefficient (Wildman–Crippen LogP) is 2.09. The number of ether oxygens (including phenoxy) is 1. The zero-order valence-electron chi connectivity index (χ0n) is 17.6. The Bertz CT molecular complexity index is 997. The highest BCUT2D eigenvalue weighted by atomic mass is 32.1. The van der Waals surface area contributed by atoms with Gasteiger partial charge in [0.1, 0.15) is 23.5 Å². The molecule has 2 aliphatic heterocycles. The number of thiophene rings is 1. The number of aromatic nitrogens is 1. The lowest BCUT2D eigenvalue weighted by atomic mass is 10.1. The molecule has 0 bridgehead atoms. The van der Waals surface area contributed by atoms with Gasteiger partial charge in [-0.25, -0.2) is 4.79 Å². The molecule has 3 amide bonds. The van der Waals surface area contributed by atoms with Crippen LogP contribution in [0.2, 0.25) is 0 Å². The first kappa shape index (κ1) is 21.9. The lowest BCUT2D eigenvalue weighted by molar-refractivity contribution is -0.138. The Hall–Kier alpha value is -3.27. The summed E-state index contributed by atoms with van der Waals surface area (Å²) in [6.45, 7) is 2.20.